The minimum atomic E-state index is -0.551. The molecule has 0 radical (unpaired) electrons. The zero-order chi connectivity index (χ0) is 17.9. The van der Waals surface area contributed by atoms with Crippen LogP contribution in [0.1, 0.15) is 33.0 Å². The molecule has 2 aliphatic rings. The molecule has 2 aromatic carbocycles. The molecule has 0 amide bonds. The van der Waals surface area contributed by atoms with Crippen LogP contribution in [0, 0.1) is 0 Å². The molecule has 1 aliphatic heterocycles. The Morgan fingerprint density at radius 2 is 1.58 bits per heavy atom. The molecule has 0 spiro atoms. The number of esters is 1. The third-order valence-electron chi connectivity index (χ3n) is 5.02. The van der Waals surface area contributed by atoms with Gasteiger partial charge >= 0.3 is 5.97 Å². The molecule has 0 atom stereocenters. The normalized spacial score (nSPS) is 17.5. The number of benzene rings is 2. The van der Waals surface area contributed by atoms with E-state index in [1.54, 1.807) is 12.1 Å². The number of ketones is 1. The number of carbonyl (C=O) groups excluding carboxylic acids is 2. The first kappa shape index (κ1) is 16.9. The highest BCUT2D eigenvalue weighted by Gasteiger charge is 2.35. The predicted molar refractivity (Wildman–Crippen MR) is 96.4 cm³/mol. The molecule has 1 heterocycles. The molecule has 26 heavy (non-hydrogen) atoms. The van der Waals surface area contributed by atoms with Gasteiger partial charge in [0.25, 0.3) is 0 Å². The summed E-state index contributed by atoms with van der Waals surface area (Å²) in [4.78, 5) is 27.8. The van der Waals surface area contributed by atoms with Crippen molar-refractivity contribution >= 4 is 11.8 Å². The van der Waals surface area contributed by atoms with Gasteiger partial charge in [-0.3, -0.25) is 14.5 Å². The maximum absolute atomic E-state index is 12.9. The zero-order valence-corrected chi connectivity index (χ0v) is 14.5. The third-order valence-corrected chi connectivity index (χ3v) is 5.02. The van der Waals surface area contributed by atoms with Gasteiger partial charge in [0, 0.05) is 30.8 Å². The molecule has 1 aliphatic carbocycles. The van der Waals surface area contributed by atoms with Crippen LogP contribution < -0.4 is 0 Å². The average Bonchev–Trinajstić information content (AvgIpc) is 2.69. The van der Waals surface area contributed by atoms with Gasteiger partial charge in [0.15, 0.2) is 5.78 Å². The molecule has 0 saturated carbocycles. The fraction of sp³-hybridized carbons (Fsp3) is 0.333. The van der Waals surface area contributed by atoms with E-state index >= 15 is 0 Å². The Kier molecular flexibility index (Phi) is 4.82. The second-order valence-electron chi connectivity index (χ2n) is 6.56. The second kappa shape index (κ2) is 7.40. The van der Waals surface area contributed by atoms with Crippen molar-refractivity contribution < 1.29 is 19.1 Å². The maximum Gasteiger partial charge on any atom is 0.318 e. The summed E-state index contributed by atoms with van der Waals surface area (Å²) in [7, 11) is 0. The molecule has 0 aromatic heterocycles. The van der Waals surface area contributed by atoms with Crippen molar-refractivity contribution in [3.63, 3.8) is 0 Å². The van der Waals surface area contributed by atoms with E-state index in [2.05, 4.69) is 4.90 Å². The molecule has 0 unspecified atom stereocenters. The van der Waals surface area contributed by atoms with Crippen LogP contribution in [-0.4, -0.2) is 56.1 Å². The van der Waals surface area contributed by atoms with E-state index in [4.69, 9.17) is 9.47 Å². The Morgan fingerprint density at radius 1 is 1.00 bits per heavy atom. The number of fused-ring (bicyclic) bond motifs is 2. The molecule has 1 saturated heterocycles. The Morgan fingerprint density at radius 3 is 2.19 bits per heavy atom. The lowest BCUT2D eigenvalue weighted by molar-refractivity contribution is -0.145. The highest BCUT2D eigenvalue weighted by molar-refractivity contribution is 6.14. The van der Waals surface area contributed by atoms with E-state index in [1.807, 2.05) is 36.4 Å². The van der Waals surface area contributed by atoms with Crippen LogP contribution in [0.5, 0.6) is 0 Å². The second-order valence-corrected chi connectivity index (χ2v) is 6.56. The fourth-order valence-corrected chi connectivity index (χ4v) is 3.66. The summed E-state index contributed by atoms with van der Waals surface area (Å²) >= 11 is 0. The Hall–Kier alpha value is -2.50. The van der Waals surface area contributed by atoms with Crippen LogP contribution in [0.3, 0.4) is 0 Å². The summed E-state index contributed by atoms with van der Waals surface area (Å²) in [5.41, 5.74) is 2.63. The summed E-state index contributed by atoms with van der Waals surface area (Å²) in [5.74, 6) is -0.885. The van der Waals surface area contributed by atoms with Crippen LogP contribution in [0.15, 0.2) is 48.5 Å². The Balaban J connectivity index is 1.54. The number of hydrogen-bond acceptors (Lipinski definition) is 5. The molecular weight excluding hydrogens is 330 g/mol. The summed E-state index contributed by atoms with van der Waals surface area (Å²) in [5, 5.41) is 0. The van der Waals surface area contributed by atoms with Crippen molar-refractivity contribution in [2.75, 3.05) is 39.5 Å². The number of rotatable bonds is 4. The predicted octanol–water partition coefficient (Wildman–Crippen LogP) is 2.24. The number of carbonyl (C=O) groups is 2. The molecule has 5 nitrogen and oxygen atoms in total. The van der Waals surface area contributed by atoms with Crippen molar-refractivity contribution in [1.82, 2.24) is 4.90 Å². The summed E-state index contributed by atoms with van der Waals surface area (Å²) in [6.07, 6.45) is 0. The van der Waals surface area contributed by atoms with E-state index < -0.39 is 5.92 Å². The quantitative estimate of drug-likeness (QED) is 0.791. The zero-order valence-electron chi connectivity index (χ0n) is 14.5. The maximum atomic E-state index is 12.9. The molecular formula is C21H21NO4. The Labute approximate surface area is 152 Å². The van der Waals surface area contributed by atoms with Crippen LogP contribution in [0.4, 0.5) is 0 Å². The number of hydrogen-bond donors (Lipinski definition) is 0. The molecule has 4 rings (SSSR count). The first-order valence-electron chi connectivity index (χ1n) is 8.95. The summed E-state index contributed by atoms with van der Waals surface area (Å²) in [6, 6.07) is 14.6. The van der Waals surface area contributed by atoms with Gasteiger partial charge < -0.3 is 9.47 Å². The van der Waals surface area contributed by atoms with Gasteiger partial charge in [0.05, 0.1) is 13.2 Å². The van der Waals surface area contributed by atoms with E-state index in [-0.39, 0.29) is 11.8 Å². The number of morpholine rings is 1. The van der Waals surface area contributed by atoms with Gasteiger partial charge in [-0.2, -0.15) is 0 Å². The van der Waals surface area contributed by atoms with Crippen molar-refractivity contribution in [2.45, 2.75) is 5.92 Å². The monoisotopic (exact) mass is 351 g/mol. The lowest BCUT2D eigenvalue weighted by atomic mass is 9.77. The number of ether oxygens (including phenoxy) is 2. The fourth-order valence-electron chi connectivity index (χ4n) is 3.66. The first-order valence-corrected chi connectivity index (χ1v) is 8.95. The van der Waals surface area contributed by atoms with Crippen LogP contribution >= 0.6 is 0 Å². The standard InChI is InChI=1S/C21H21NO4/c23-20-17-7-3-1-5-15(17)19(16-6-2-4-8-18(16)20)21(24)26-14-11-22-9-12-25-13-10-22/h1-8,19H,9-14H2. The van der Waals surface area contributed by atoms with Crippen molar-refractivity contribution in [1.29, 1.82) is 0 Å². The van der Waals surface area contributed by atoms with Gasteiger partial charge in [0.1, 0.15) is 12.5 Å². The van der Waals surface area contributed by atoms with Gasteiger partial charge in [0.2, 0.25) is 0 Å². The summed E-state index contributed by atoms with van der Waals surface area (Å²) in [6.45, 7) is 4.21. The van der Waals surface area contributed by atoms with Crippen molar-refractivity contribution in [3.8, 4) is 0 Å². The van der Waals surface area contributed by atoms with Gasteiger partial charge in [-0.25, -0.2) is 0 Å². The smallest absolute Gasteiger partial charge is 0.318 e. The molecule has 5 heteroatoms. The topological polar surface area (TPSA) is 55.8 Å². The highest BCUT2D eigenvalue weighted by atomic mass is 16.5. The minimum Gasteiger partial charge on any atom is -0.464 e. The first-order chi connectivity index (χ1) is 12.8. The highest BCUT2D eigenvalue weighted by Crippen LogP contribution is 2.37. The van der Waals surface area contributed by atoms with E-state index in [0.717, 1.165) is 37.4 Å². The number of nitrogens with zero attached hydrogens (tertiary/aromatic N) is 1. The lowest BCUT2D eigenvalue weighted by Gasteiger charge is -2.28. The molecule has 1 fully saturated rings. The van der Waals surface area contributed by atoms with Gasteiger partial charge in [-0.05, 0) is 11.1 Å². The Bertz CT molecular complexity index is 777. The van der Waals surface area contributed by atoms with E-state index in [1.165, 1.54) is 0 Å². The van der Waals surface area contributed by atoms with Gasteiger partial charge in [-0.1, -0.05) is 48.5 Å². The van der Waals surface area contributed by atoms with Gasteiger partial charge in [-0.15, -0.1) is 0 Å². The van der Waals surface area contributed by atoms with Crippen LogP contribution in [0.2, 0.25) is 0 Å². The summed E-state index contributed by atoms with van der Waals surface area (Å²) < 4.78 is 10.9. The lowest BCUT2D eigenvalue weighted by Crippen LogP contribution is -2.39. The van der Waals surface area contributed by atoms with E-state index in [9.17, 15) is 9.59 Å². The van der Waals surface area contributed by atoms with Crippen molar-refractivity contribution in [2.24, 2.45) is 0 Å². The van der Waals surface area contributed by atoms with Crippen molar-refractivity contribution in [3.05, 3.63) is 70.8 Å². The minimum absolute atomic E-state index is 0.0337. The van der Waals surface area contributed by atoms with Crippen LogP contribution in [0.25, 0.3) is 0 Å². The molecule has 0 N–H and O–H groups in total. The SMILES string of the molecule is O=C1c2ccccc2C(C(=O)OCCN2CCOCC2)c2ccccc21. The molecule has 134 valence electrons. The molecule has 0 bridgehead atoms. The average molecular weight is 351 g/mol. The molecule has 2 aromatic rings. The van der Waals surface area contributed by atoms with Crippen LogP contribution in [-0.2, 0) is 14.3 Å². The third kappa shape index (κ3) is 3.16. The van der Waals surface area contributed by atoms with E-state index in [0.29, 0.717) is 24.3 Å². The largest absolute Gasteiger partial charge is 0.464 e.